The van der Waals surface area contributed by atoms with E-state index in [1.807, 2.05) is 0 Å². The minimum atomic E-state index is -4.90. The van der Waals surface area contributed by atoms with Crippen molar-refractivity contribution in [3.05, 3.63) is 50.8 Å². The molecule has 0 atom stereocenters. The number of carboxylic acids is 1. The number of ketones is 1. The maximum Gasteiger partial charge on any atom is 0.433 e. The Kier molecular flexibility index (Phi) is 8.69. The smallest absolute Gasteiger partial charge is 0.433 e. The molecule has 3 saturated carbocycles. The van der Waals surface area contributed by atoms with E-state index in [-0.39, 0.29) is 53.8 Å². The first-order valence-corrected chi connectivity index (χ1v) is 15.2. The number of aryl methyl sites for hydroxylation is 1. The van der Waals surface area contributed by atoms with Crippen molar-refractivity contribution in [2.45, 2.75) is 83.4 Å². The fourth-order valence-electron chi connectivity index (χ4n) is 6.71. The molecular weight excluding hydrogens is 594 g/mol. The maximum atomic E-state index is 14.5. The predicted molar refractivity (Wildman–Crippen MR) is 151 cm³/mol. The number of carbonyl (C=O) groups is 3. The zero-order chi connectivity index (χ0) is 30.4. The van der Waals surface area contributed by atoms with Gasteiger partial charge in [0.15, 0.2) is 11.5 Å². The molecule has 1 aromatic carbocycles. The lowest BCUT2D eigenvalue weighted by atomic mass is 9.79. The van der Waals surface area contributed by atoms with Gasteiger partial charge in [-0.3, -0.25) is 19.1 Å². The van der Waals surface area contributed by atoms with Crippen molar-refractivity contribution in [3.8, 4) is 0 Å². The van der Waals surface area contributed by atoms with Gasteiger partial charge in [-0.2, -0.15) is 18.3 Å². The van der Waals surface area contributed by atoms with E-state index in [1.165, 1.54) is 17.7 Å². The molecule has 0 radical (unpaired) electrons. The predicted octanol–water partition coefficient (Wildman–Crippen LogP) is 7.63. The van der Waals surface area contributed by atoms with E-state index in [0.29, 0.717) is 5.41 Å². The lowest BCUT2D eigenvalue weighted by Crippen LogP contribution is -2.41. The second-order valence-electron chi connectivity index (χ2n) is 12.3. The molecule has 0 unspecified atom stereocenters. The molecule has 0 bridgehead atoms. The zero-order valence-corrected chi connectivity index (χ0v) is 24.9. The summed E-state index contributed by atoms with van der Waals surface area (Å²) in [5, 5.41) is 13.5. The average molecular weight is 629 g/mol. The van der Waals surface area contributed by atoms with Gasteiger partial charge in [-0.1, -0.05) is 23.2 Å². The molecule has 1 aromatic heterocycles. The van der Waals surface area contributed by atoms with Crippen LogP contribution in [0, 0.1) is 24.2 Å². The Hall–Kier alpha value is -2.59. The number of hydrogen-bond acceptors (Lipinski definition) is 4. The summed E-state index contributed by atoms with van der Waals surface area (Å²) in [6.07, 6.45) is 2.95. The zero-order valence-electron chi connectivity index (χ0n) is 23.4. The van der Waals surface area contributed by atoms with Crippen molar-refractivity contribution >= 4 is 40.9 Å². The molecule has 7 nitrogen and oxygen atoms in total. The fourth-order valence-corrected chi connectivity index (χ4v) is 7.52. The lowest BCUT2D eigenvalue weighted by molar-refractivity contribution is -0.147. The fraction of sp³-hybridized carbons (Fsp3) is 0.600. The van der Waals surface area contributed by atoms with E-state index < -0.39 is 53.6 Å². The monoisotopic (exact) mass is 627 g/mol. The highest BCUT2D eigenvalue weighted by Crippen LogP contribution is 2.57. The first kappa shape index (κ1) is 30.9. The Bertz CT molecular complexity index is 1350. The summed E-state index contributed by atoms with van der Waals surface area (Å²) >= 11 is 12.7. The van der Waals surface area contributed by atoms with Gasteiger partial charge >= 0.3 is 12.1 Å². The number of nitrogens with zero attached hydrogens (tertiary/aromatic N) is 3. The van der Waals surface area contributed by atoms with Gasteiger partial charge in [0, 0.05) is 6.54 Å². The third-order valence-corrected chi connectivity index (χ3v) is 9.97. The van der Waals surface area contributed by atoms with Crippen LogP contribution in [0.2, 0.25) is 10.0 Å². The van der Waals surface area contributed by atoms with Crippen LogP contribution in [0.4, 0.5) is 13.2 Å². The largest absolute Gasteiger partial charge is 0.481 e. The number of halogens is 5. The topological polar surface area (TPSA) is 92.5 Å². The Balaban J connectivity index is 1.44. The summed E-state index contributed by atoms with van der Waals surface area (Å²) in [4.78, 5) is 39.9. The van der Waals surface area contributed by atoms with Crippen molar-refractivity contribution in [3.63, 3.8) is 0 Å². The van der Waals surface area contributed by atoms with Crippen LogP contribution in [-0.4, -0.2) is 50.5 Å². The number of Topliss-reactive ketones (excluding diaryl/α,β-unsaturated/α-hetero) is 1. The van der Waals surface area contributed by atoms with Crippen LogP contribution in [0.3, 0.4) is 0 Å². The summed E-state index contributed by atoms with van der Waals surface area (Å²) in [5.74, 6) is -3.01. The minimum Gasteiger partial charge on any atom is -0.481 e. The van der Waals surface area contributed by atoms with Crippen LogP contribution in [0.15, 0.2) is 18.3 Å². The van der Waals surface area contributed by atoms with Gasteiger partial charge in [-0.15, -0.1) is 0 Å². The number of benzene rings is 1. The standard InChI is InChI=1S/C30H34Cl2F3N3O4/c1-17-12-22(31)25(23(32)13-17)24(39)16-37(15-18-6-8-29(9-7-18)10-11-29)27(40)21-14-36-38(26(21)30(33,34)35)20-4-2-19(3-5-20)28(41)42/h12-14,18-20H,2-11,15-16H2,1H3,(H,41,42). The normalized spacial score (nSPS) is 22.2. The van der Waals surface area contributed by atoms with Gasteiger partial charge in [0.1, 0.15) is 0 Å². The molecule has 1 amide bonds. The Morgan fingerprint density at radius 1 is 1.02 bits per heavy atom. The van der Waals surface area contributed by atoms with Crippen LogP contribution >= 0.6 is 23.2 Å². The second-order valence-corrected chi connectivity index (χ2v) is 13.2. The molecule has 3 aliphatic rings. The van der Waals surface area contributed by atoms with Crippen LogP contribution in [0.1, 0.15) is 102 Å². The molecule has 12 heteroatoms. The van der Waals surface area contributed by atoms with Gasteiger partial charge in [-0.05, 0) is 100 Å². The molecule has 3 fully saturated rings. The molecule has 2 aromatic rings. The SMILES string of the molecule is Cc1cc(Cl)c(C(=O)CN(CC2CCC3(CC2)CC3)C(=O)c2cnn(C3CCC(C(=O)O)CC3)c2C(F)(F)F)c(Cl)c1. The van der Waals surface area contributed by atoms with Crippen molar-refractivity contribution < 1.29 is 32.7 Å². The molecule has 5 rings (SSSR count). The second kappa shape index (κ2) is 11.8. The average Bonchev–Trinajstić information content (AvgIpc) is 3.50. The van der Waals surface area contributed by atoms with Crippen LogP contribution in [0.5, 0.6) is 0 Å². The Morgan fingerprint density at radius 2 is 1.62 bits per heavy atom. The minimum absolute atomic E-state index is 0.0317. The number of alkyl halides is 3. The summed E-state index contributed by atoms with van der Waals surface area (Å²) in [7, 11) is 0. The van der Waals surface area contributed by atoms with Crippen molar-refractivity contribution in [1.29, 1.82) is 0 Å². The number of aliphatic carboxylic acids is 1. The molecule has 3 aliphatic carbocycles. The maximum absolute atomic E-state index is 14.5. The van der Waals surface area contributed by atoms with Crippen molar-refractivity contribution in [2.24, 2.45) is 17.3 Å². The van der Waals surface area contributed by atoms with Crippen LogP contribution < -0.4 is 0 Å². The lowest BCUT2D eigenvalue weighted by Gasteiger charge is -2.33. The summed E-state index contributed by atoms with van der Waals surface area (Å²) < 4.78 is 44.4. The molecule has 0 aliphatic heterocycles. The highest BCUT2D eigenvalue weighted by molar-refractivity contribution is 6.40. The first-order valence-electron chi connectivity index (χ1n) is 14.4. The number of carboxylic acid groups (broad SMARTS) is 1. The third-order valence-electron chi connectivity index (χ3n) is 9.37. The molecule has 0 saturated heterocycles. The number of carbonyl (C=O) groups excluding carboxylic acids is 2. The number of aromatic nitrogens is 2. The third kappa shape index (κ3) is 6.49. The van der Waals surface area contributed by atoms with Gasteiger partial charge < -0.3 is 10.0 Å². The first-order chi connectivity index (χ1) is 19.8. The van der Waals surface area contributed by atoms with Crippen molar-refractivity contribution in [2.75, 3.05) is 13.1 Å². The number of hydrogen-bond donors (Lipinski definition) is 1. The molecule has 1 spiro atoms. The number of amides is 1. The van der Waals surface area contributed by atoms with Gasteiger partial charge in [0.2, 0.25) is 0 Å². The molecule has 228 valence electrons. The molecule has 42 heavy (non-hydrogen) atoms. The van der Waals surface area contributed by atoms with Gasteiger partial charge in [0.25, 0.3) is 5.91 Å². The highest BCUT2D eigenvalue weighted by atomic mass is 35.5. The van der Waals surface area contributed by atoms with E-state index in [9.17, 15) is 32.7 Å². The van der Waals surface area contributed by atoms with Gasteiger partial charge in [-0.25, -0.2) is 0 Å². The van der Waals surface area contributed by atoms with E-state index in [1.54, 1.807) is 19.1 Å². The van der Waals surface area contributed by atoms with Crippen LogP contribution in [0.25, 0.3) is 0 Å². The summed E-state index contributed by atoms with van der Waals surface area (Å²) in [5.41, 5.74) is -0.634. The molecule has 1 N–H and O–H groups in total. The van der Waals surface area contributed by atoms with E-state index in [4.69, 9.17) is 23.2 Å². The van der Waals surface area contributed by atoms with E-state index in [2.05, 4.69) is 5.10 Å². The molecular formula is C30H34Cl2F3N3O4. The van der Waals surface area contributed by atoms with E-state index in [0.717, 1.165) is 42.1 Å². The van der Waals surface area contributed by atoms with Crippen molar-refractivity contribution in [1.82, 2.24) is 14.7 Å². The summed E-state index contributed by atoms with van der Waals surface area (Å²) in [6.45, 7) is 1.42. The Labute approximate surface area is 252 Å². The Morgan fingerprint density at radius 3 is 2.14 bits per heavy atom. The quantitative estimate of drug-likeness (QED) is 0.304. The number of rotatable bonds is 8. The van der Waals surface area contributed by atoms with Gasteiger partial charge in [0.05, 0.1) is 45.9 Å². The van der Waals surface area contributed by atoms with Crippen LogP contribution in [-0.2, 0) is 11.0 Å². The highest BCUT2D eigenvalue weighted by Gasteiger charge is 2.46. The molecule has 1 heterocycles. The van der Waals surface area contributed by atoms with E-state index >= 15 is 0 Å². The summed E-state index contributed by atoms with van der Waals surface area (Å²) in [6, 6.07) is 2.47.